The number of nitrogens with zero attached hydrogens (tertiary/aromatic N) is 4. The van der Waals surface area contributed by atoms with Crippen LogP contribution in [0, 0.1) is 0 Å². The Morgan fingerprint density at radius 2 is 2.17 bits per heavy atom. The number of benzene rings is 1. The summed E-state index contributed by atoms with van der Waals surface area (Å²) in [6, 6.07) is 10.2. The van der Waals surface area contributed by atoms with Crippen molar-refractivity contribution in [1.82, 2.24) is 24.6 Å². The molecular weight excluding hydrogens is 450 g/mol. The predicted octanol–water partition coefficient (Wildman–Crippen LogP) is 1.44. The molecule has 0 bridgehead atoms. The maximum atomic E-state index is 11.4. The molecule has 9 nitrogen and oxygen atoms in total. The zero-order valence-electron chi connectivity index (χ0n) is 15.8. The Morgan fingerprint density at radius 3 is 2.90 bits per heavy atom. The fraction of sp³-hybridized carbons (Fsp3) is 0.200. The SMILES string of the molecule is O=c1[nH]c(O)c(C=c2cnn3c(=NC4CC4)cc(NCc4ccccc4Br)nc23)[nH]1. The molecule has 0 atom stereocenters. The molecule has 0 saturated heterocycles. The second-order valence-electron chi connectivity index (χ2n) is 7.13. The number of fused-ring (bicyclic) bond motifs is 1. The van der Waals surface area contributed by atoms with Crippen molar-refractivity contribution in [2.75, 3.05) is 5.32 Å². The van der Waals surface area contributed by atoms with Gasteiger partial charge in [-0.2, -0.15) is 9.61 Å². The lowest BCUT2D eigenvalue weighted by molar-refractivity contribution is 0.454. The van der Waals surface area contributed by atoms with Gasteiger partial charge in [-0.15, -0.1) is 0 Å². The Hall–Kier alpha value is -3.40. The summed E-state index contributed by atoms with van der Waals surface area (Å²) in [4.78, 5) is 25.7. The highest BCUT2D eigenvalue weighted by atomic mass is 79.9. The molecule has 0 spiro atoms. The topological polar surface area (TPSA) is 123 Å². The Labute approximate surface area is 178 Å². The first-order valence-electron chi connectivity index (χ1n) is 9.50. The molecule has 3 aromatic heterocycles. The van der Waals surface area contributed by atoms with Crippen LogP contribution in [-0.4, -0.2) is 35.7 Å². The summed E-state index contributed by atoms with van der Waals surface area (Å²) in [6.07, 6.45) is 5.40. The van der Waals surface area contributed by atoms with Crippen LogP contribution in [0.25, 0.3) is 11.7 Å². The zero-order chi connectivity index (χ0) is 20.7. The second-order valence-corrected chi connectivity index (χ2v) is 7.98. The van der Waals surface area contributed by atoms with Gasteiger partial charge in [0.25, 0.3) is 0 Å². The summed E-state index contributed by atoms with van der Waals surface area (Å²) in [5.41, 5.74) is 2.18. The van der Waals surface area contributed by atoms with Gasteiger partial charge in [0.2, 0.25) is 5.88 Å². The van der Waals surface area contributed by atoms with E-state index in [0.29, 0.717) is 34.8 Å². The number of nitrogens with one attached hydrogen (secondary N) is 3. The highest BCUT2D eigenvalue weighted by molar-refractivity contribution is 9.10. The van der Waals surface area contributed by atoms with Gasteiger partial charge in [-0.25, -0.2) is 9.78 Å². The largest absolute Gasteiger partial charge is 0.493 e. The van der Waals surface area contributed by atoms with E-state index in [0.717, 1.165) is 22.9 Å². The van der Waals surface area contributed by atoms with E-state index in [-0.39, 0.29) is 11.6 Å². The van der Waals surface area contributed by atoms with E-state index in [1.807, 2.05) is 30.3 Å². The maximum absolute atomic E-state index is 11.4. The zero-order valence-corrected chi connectivity index (χ0v) is 17.3. The minimum atomic E-state index is -0.483. The van der Waals surface area contributed by atoms with Gasteiger partial charge in [0.1, 0.15) is 11.5 Å². The molecule has 1 saturated carbocycles. The monoisotopic (exact) mass is 467 g/mol. The second kappa shape index (κ2) is 7.45. The summed E-state index contributed by atoms with van der Waals surface area (Å²) < 4.78 is 2.70. The van der Waals surface area contributed by atoms with Crippen molar-refractivity contribution >= 4 is 33.5 Å². The average Bonchev–Trinajstić information content (AvgIpc) is 3.36. The third-order valence-electron chi connectivity index (χ3n) is 4.79. The van der Waals surface area contributed by atoms with E-state index in [1.54, 1.807) is 16.8 Å². The van der Waals surface area contributed by atoms with Crippen LogP contribution in [0.3, 0.4) is 0 Å². The van der Waals surface area contributed by atoms with Gasteiger partial charge in [-0.1, -0.05) is 34.1 Å². The molecule has 0 aliphatic heterocycles. The molecule has 152 valence electrons. The third kappa shape index (κ3) is 3.73. The molecule has 5 rings (SSSR count). The minimum Gasteiger partial charge on any atom is -0.493 e. The summed E-state index contributed by atoms with van der Waals surface area (Å²) in [5, 5.41) is 18.3. The van der Waals surface area contributed by atoms with Crippen LogP contribution < -0.4 is 21.7 Å². The van der Waals surface area contributed by atoms with E-state index in [9.17, 15) is 9.90 Å². The normalized spacial score (nSPS) is 15.2. The highest BCUT2D eigenvalue weighted by Crippen LogP contribution is 2.22. The fourth-order valence-corrected chi connectivity index (χ4v) is 3.54. The van der Waals surface area contributed by atoms with Gasteiger partial charge in [-0.05, 0) is 30.5 Å². The molecule has 1 aromatic carbocycles. The first-order valence-corrected chi connectivity index (χ1v) is 10.3. The first-order chi connectivity index (χ1) is 14.6. The molecule has 4 N–H and O–H groups in total. The van der Waals surface area contributed by atoms with Crippen LogP contribution >= 0.6 is 15.9 Å². The molecule has 1 aliphatic carbocycles. The number of halogens is 1. The molecule has 0 radical (unpaired) electrons. The smallest absolute Gasteiger partial charge is 0.326 e. The quantitative estimate of drug-likeness (QED) is 0.353. The maximum Gasteiger partial charge on any atom is 0.326 e. The van der Waals surface area contributed by atoms with E-state index in [1.165, 1.54) is 0 Å². The van der Waals surface area contributed by atoms with Gasteiger partial charge in [0.15, 0.2) is 11.1 Å². The number of aromatic nitrogens is 5. The van der Waals surface area contributed by atoms with Gasteiger partial charge < -0.3 is 15.4 Å². The molecular formula is C20H18BrN7O2. The van der Waals surface area contributed by atoms with Gasteiger partial charge in [0.05, 0.1) is 12.2 Å². The fourth-order valence-electron chi connectivity index (χ4n) is 3.11. The molecule has 0 amide bonds. The van der Waals surface area contributed by atoms with Crippen molar-refractivity contribution < 1.29 is 5.11 Å². The van der Waals surface area contributed by atoms with Crippen LogP contribution in [0.5, 0.6) is 5.88 Å². The summed E-state index contributed by atoms with van der Waals surface area (Å²) in [7, 11) is 0. The predicted molar refractivity (Wildman–Crippen MR) is 115 cm³/mol. The number of imidazole rings is 1. The molecule has 30 heavy (non-hydrogen) atoms. The van der Waals surface area contributed by atoms with E-state index < -0.39 is 5.69 Å². The molecule has 1 aliphatic rings. The number of H-pyrrole nitrogens is 2. The van der Waals surface area contributed by atoms with E-state index >= 15 is 0 Å². The molecule has 10 heteroatoms. The lowest BCUT2D eigenvalue weighted by Crippen LogP contribution is -2.20. The van der Waals surface area contributed by atoms with Crippen molar-refractivity contribution in [3.05, 3.63) is 73.4 Å². The molecule has 1 fully saturated rings. The number of aromatic hydroxyl groups is 1. The highest BCUT2D eigenvalue weighted by Gasteiger charge is 2.20. The van der Waals surface area contributed by atoms with Crippen molar-refractivity contribution in [2.45, 2.75) is 25.4 Å². The van der Waals surface area contributed by atoms with Crippen molar-refractivity contribution in [2.24, 2.45) is 4.99 Å². The van der Waals surface area contributed by atoms with Crippen molar-refractivity contribution in [1.29, 1.82) is 0 Å². The third-order valence-corrected chi connectivity index (χ3v) is 5.57. The summed E-state index contributed by atoms with van der Waals surface area (Å²) >= 11 is 3.56. The van der Waals surface area contributed by atoms with E-state index in [2.05, 4.69) is 36.3 Å². The van der Waals surface area contributed by atoms with Crippen LogP contribution in [0.1, 0.15) is 24.1 Å². The number of rotatable bonds is 5. The summed E-state index contributed by atoms with van der Waals surface area (Å²) in [5.74, 6) is 0.435. The average molecular weight is 468 g/mol. The summed E-state index contributed by atoms with van der Waals surface area (Å²) in [6.45, 7) is 0.590. The van der Waals surface area contributed by atoms with Crippen LogP contribution in [-0.2, 0) is 6.54 Å². The Morgan fingerprint density at radius 1 is 1.33 bits per heavy atom. The molecule has 4 aromatic rings. The lowest BCUT2D eigenvalue weighted by atomic mass is 10.2. The standard InChI is InChI=1S/C20H18BrN7O2/c21-14-4-2-1-3-11(14)9-22-16-8-17(24-13-5-6-13)28-18(26-16)12(10-23-28)7-15-19(29)27-20(30)25-15/h1-4,7-8,10,13,22,29H,5-6,9H2,(H2,25,27,30). The van der Waals surface area contributed by atoms with Crippen LogP contribution in [0.4, 0.5) is 5.82 Å². The lowest BCUT2D eigenvalue weighted by Gasteiger charge is -2.08. The van der Waals surface area contributed by atoms with Gasteiger partial charge in [-0.3, -0.25) is 9.98 Å². The Balaban J connectivity index is 1.60. The first kappa shape index (κ1) is 18.6. The Kier molecular flexibility index (Phi) is 4.62. The van der Waals surface area contributed by atoms with Crippen molar-refractivity contribution in [3.63, 3.8) is 0 Å². The van der Waals surface area contributed by atoms with E-state index in [4.69, 9.17) is 9.98 Å². The van der Waals surface area contributed by atoms with Crippen LogP contribution in [0.2, 0.25) is 0 Å². The van der Waals surface area contributed by atoms with Crippen molar-refractivity contribution in [3.8, 4) is 5.88 Å². The number of anilines is 1. The van der Waals surface area contributed by atoms with Gasteiger partial charge in [0, 0.05) is 22.3 Å². The van der Waals surface area contributed by atoms with Crippen LogP contribution in [0.15, 0.2) is 50.8 Å². The van der Waals surface area contributed by atoms with Gasteiger partial charge >= 0.3 is 5.69 Å². The number of hydrogen-bond acceptors (Lipinski definition) is 6. The minimum absolute atomic E-state index is 0.231. The number of aromatic amines is 2. The number of hydrogen-bond donors (Lipinski definition) is 4. The Bertz CT molecular complexity index is 1420. The molecule has 3 heterocycles. The molecule has 0 unspecified atom stereocenters.